The van der Waals surface area contributed by atoms with E-state index in [1.807, 2.05) is 19.9 Å². The van der Waals surface area contributed by atoms with E-state index in [0.29, 0.717) is 18.8 Å². The Kier molecular flexibility index (Phi) is 4.59. The van der Waals surface area contributed by atoms with Crippen LogP contribution in [0, 0.1) is 13.8 Å². The van der Waals surface area contributed by atoms with Gasteiger partial charge in [0.05, 0.1) is 11.4 Å². The maximum Gasteiger partial charge on any atom is 0.329 e. The van der Waals surface area contributed by atoms with Gasteiger partial charge in [-0.05, 0) is 44.2 Å². The number of amides is 1. The summed E-state index contributed by atoms with van der Waals surface area (Å²) in [5, 5.41) is 16.6. The number of hydrogen-bond donors (Lipinski definition) is 2. The number of nitrogens with zero attached hydrogens (tertiary/aromatic N) is 2. The summed E-state index contributed by atoms with van der Waals surface area (Å²) < 4.78 is 7.02. The third-order valence-electron chi connectivity index (χ3n) is 4.49. The van der Waals surface area contributed by atoms with Crippen LogP contribution in [0.4, 0.5) is 0 Å². The second-order valence-corrected chi connectivity index (χ2v) is 6.34. The first kappa shape index (κ1) is 17.2. The van der Waals surface area contributed by atoms with Crippen molar-refractivity contribution in [3.8, 4) is 5.69 Å². The molecule has 1 aromatic heterocycles. The Hall–Kier alpha value is -2.67. The smallest absolute Gasteiger partial charge is 0.329 e. The topological polar surface area (TPSA) is 93.5 Å². The maximum absolute atomic E-state index is 12.5. The molecular formula is C18H21N3O4. The Balaban J connectivity index is 1.78. The van der Waals surface area contributed by atoms with Gasteiger partial charge in [0.2, 0.25) is 0 Å². The lowest BCUT2D eigenvalue weighted by molar-refractivity contribution is -0.148. The molecule has 0 atom stereocenters. The molecule has 132 valence electrons. The van der Waals surface area contributed by atoms with E-state index in [2.05, 4.69) is 10.4 Å². The van der Waals surface area contributed by atoms with E-state index in [1.54, 1.807) is 28.9 Å². The van der Waals surface area contributed by atoms with Gasteiger partial charge in [-0.15, -0.1) is 0 Å². The molecule has 2 N–H and O–H groups in total. The van der Waals surface area contributed by atoms with E-state index in [9.17, 15) is 14.7 Å². The number of aromatic nitrogens is 2. The monoisotopic (exact) mass is 343 g/mol. The number of aryl methyl sites for hydroxylation is 2. The Labute approximate surface area is 145 Å². The predicted molar refractivity (Wildman–Crippen MR) is 90.9 cm³/mol. The van der Waals surface area contributed by atoms with E-state index >= 15 is 0 Å². The summed E-state index contributed by atoms with van der Waals surface area (Å²) in [7, 11) is 0. The quantitative estimate of drug-likeness (QED) is 0.884. The van der Waals surface area contributed by atoms with Gasteiger partial charge in [0.15, 0.2) is 0 Å². The van der Waals surface area contributed by atoms with Crippen LogP contribution in [0.2, 0.25) is 0 Å². The van der Waals surface area contributed by atoms with Crippen LogP contribution >= 0.6 is 0 Å². The molecule has 1 amide bonds. The number of carbonyl (C=O) groups excluding carboxylic acids is 1. The largest absolute Gasteiger partial charge is 0.480 e. The lowest BCUT2D eigenvalue weighted by Crippen LogP contribution is -2.57. The van der Waals surface area contributed by atoms with Crippen molar-refractivity contribution < 1.29 is 19.4 Å². The van der Waals surface area contributed by atoms with Crippen LogP contribution in [-0.4, -0.2) is 45.5 Å². The number of rotatable bonds is 4. The van der Waals surface area contributed by atoms with Gasteiger partial charge in [0.25, 0.3) is 5.91 Å². The average molecular weight is 343 g/mol. The second-order valence-electron chi connectivity index (χ2n) is 6.34. The van der Waals surface area contributed by atoms with Crippen molar-refractivity contribution in [3.05, 3.63) is 47.3 Å². The predicted octanol–water partition coefficient (Wildman–Crippen LogP) is 1.85. The van der Waals surface area contributed by atoms with Gasteiger partial charge in [-0.25, -0.2) is 9.48 Å². The minimum Gasteiger partial charge on any atom is -0.480 e. The molecule has 3 rings (SSSR count). The molecule has 1 aliphatic rings. The van der Waals surface area contributed by atoms with Crippen LogP contribution in [-0.2, 0) is 9.53 Å². The van der Waals surface area contributed by atoms with Crippen LogP contribution in [0.3, 0.4) is 0 Å². The molecule has 0 aliphatic carbocycles. The molecule has 1 saturated heterocycles. The summed E-state index contributed by atoms with van der Waals surface area (Å²) in [4.78, 5) is 24.1. The van der Waals surface area contributed by atoms with Crippen molar-refractivity contribution in [3.63, 3.8) is 0 Å². The van der Waals surface area contributed by atoms with Crippen molar-refractivity contribution in [1.82, 2.24) is 15.1 Å². The van der Waals surface area contributed by atoms with E-state index < -0.39 is 17.4 Å². The second kappa shape index (κ2) is 6.68. The molecular weight excluding hydrogens is 322 g/mol. The number of benzene rings is 1. The molecule has 7 heteroatoms. The molecule has 0 radical (unpaired) electrons. The number of aliphatic carboxylic acids is 1. The Morgan fingerprint density at radius 3 is 2.36 bits per heavy atom. The van der Waals surface area contributed by atoms with Crippen molar-refractivity contribution in [1.29, 1.82) is 0 Å². The van der Waals surface area contributed by atoms with Gasteiger partial charge >= 0.3 is 5.97 Å². The van der Waals surface area contributed by atoms with Crippen LogP contribution in [0.25, 0.3) is 5.69 Å². The molecule has 1 fully saturated rings. The highest BCUT2D eigenvalue weighted by Gasteiger charge is 2.41. The minimum absolute atomic E-state index is 0.262. The molecule has 0 spiro atoms. The summed E-state index contributed by atoms with van der Waals surface area (Å²) >= 11 is 0. The molecule has 0 bridgehead atoms. The number of hydrogen-bond acceptors (Lipinski definition) is 4. The Morgan fingerprint density at radius 1 is 1.20 bits per heavy atom. The van der Waals surface area contributed by atoms with Crippen LogP contribution < -0.4 is 5.32 Å². The number of carboxylic acids is 1. The van der Waals surface area contributed by atoms with Gasteiger partial charge in [-0.3, -0.25) is 4.79 Å². The molecule has 1 aliphatic heterocycles. The zero-order valence-corrected chi connectivity index (χ0v) is 14.3. The summed E-state index contributed by atoms with van der Waals surface area (Å²) in [6, 6.07) is 8.92. The third kappa shape index (κ3) is 3.41. The SMILES string of the molecule is Cc1cc(C)n(-c2ccc(C(=O)NC3(C(=O)O)CCOCC3)cc2)n1. The van der Waals surface area contributed by atoms with Crippen molar-refractivity contribution in [2.24, 2.45) is 0 Å². The molecule has 2 heterocycles. The first-order valence-electron chi connectivity index (χ1n) is 8.19. The number of ether oxygens (including phenoxy) is 1. The van der Waals surface area contributed by atoms with E-state index in [4.69, 9.17) is 4.74 Å². The third-order valence-corrected chi connectivity index (χ3v) is 4.49. The fraction of sp³-hybridized carbons (Fsp3) is 0.389. The lowest BCUT2D eigenvalue weighted by Gasteiger charge is -2.33. The molecule has 7 nitrogen and oxygen atoms in total. The van der Waals surface area contributed by atoms with Gasteiger partial charge in [-0.2, -0.15) is 5.10 Å². The first-order chi connectivity index (χ1) is 11.9. The van der Waals surface area contributed by atoms with Crippen LogP contribution in [0.15, 0.2) is 30.3 Å². The van der Waals surface area contributed by atoms with Crippen LogP contribution in [0.1, 0.15) is 34.6 Å². The fourth-order valence-corrected chi connectivity index (χ4v) is 3.05. The Morgan fingerprint density at radius 2 is 1.84 bits per heavy atom. The minimum atomic E-state index is -1.26. The summed E-state index contributed by atoms with van der Waals surface area (Å²) in [5.74, 6) is -1.42. The van der Waals surface area contributed by atoms with Gasteiger partial charge < -0.3 is 15.2 Å². The zero-order chi connectivity index (χ0) is 18.0. The van der Waals surface area contributed by atoms with Crippen molar-refractivity contribution >= 4 is 11.9 Å². The highest BCUT2D eigenvalue weighted by atomic mass is 16.5. The molecule has 2 aromatic rings. The van der Waals surface area contributed by atoms with E-state index in [1.165, 1.54) is 0 Å². The fourth-order valence-electron chi connectivity index (χ4n) is 3.05. The normalized spacial score (nSPS) is 16.4. The van der Waals surface area contributed by atoms with Crippen molar-refractivity contribution in [2.75, 3.05) is 13.2 Å². The van der Waals surface area contributed by atoms with E-state index in [0.717, 1.165) is 17.1 Å². The zero-order valence-electron chi connectivity index (χ0n) is 14.3. The first-order valence-corrected chi connectivity index (χ1v) is 8.19. The molecule has 0 unspecified atom stereocenters. The molecule has 0 saturated carbocycles. The molecule has 25 heavy (non-hydrogen) atoms. The lowest BCUT2D eigenvalue weighted by atomic mass is 9.89. The average Bonchev–Trinajstić information content (AvgIpc) is 2.94. The maximum atomic E-state index is 12.5. The summed E-state index contributed by atoms with van der Waals surface area (Å²) in [6.45, 7) is 4.53. The van der Waals surface area contributed by atoms with Crippen LogP contribution in [0.5, 0.6) is 0 Å². The summed E-state index contributed by atoms with van der Waals surface area (Å²) in [6.07, 6.45) is 0.524. The van der Waals surface area contributed by atoms with Gasteiger partial charge in [-0.1, -0.05) is 0 Å². The van der Waals surface area contributed by atoms with Crippen molar-refractivity contribution in [2.45, 2.75) is 32.2 Å². The molecule has 1 aromatic carbocycles. The van der Waals surface area contributed by atoms with Gasteiger partial charge in [0.1, 0.15) is 5.54 Å². The number of carbonyl (C=O) groups is 2. The highest BCUT2D eigenvalue weighted by Crippen LogP contribution is 2.22. The summed E-state index contributed by atoms with van der Waals surface area (Å²) in [5.41, 5.74) is 1.92. The van der Waals surface area contributed by atoms with E-state index in [-0.39, 0.29) is 12.8 Å². The standard InChI is InChI=1S/C18H21N3O4/c1-12-11-13(2)21(20-12)15-5-3-14(4-6-15)16(22)19-18(17(23)24)7-9-25-10-8-18/h3-6,11H,7-10H2,1-2H3,(H,19,22)(H,23,24). The Bertz CT molecular complexity index is 789. The highest BCUT2D eigenvalue weighted by molar-refractivity contribution is 5.98. The number of nitrogens with one attached hydrogen (secondary N) is 1. The number of carboxylic acid groups (broad SMARTS) is 1. The van der Waals surface area contributed by atoms with Gasteiger partial charge in [0, 0.05) is 37.3 Å².